The van der Waals surface area contributed by atoms with Crippen molar-refractivity contribution in [3.8, 4) is 5.69 Å². The molecular formula is C22H22N6O3. The highest BCUT2D eigenvalue weighted by atomic mass is 16.2. The highest BCUT2D eigenvalue weighted by Crippen LogP contribution is 2.21. The number of nitrogens with one attached hydrogen (secondary N) is 1. The molecule has 9 heteroatoms. The normalized spacial score (nSPS) is 12.1. The Bertz CT molecular complexity index is 1320. The third kappa shape index (κ3) is 4.02. The molecular weight excluding hydrogens is 396 g/mol. The molecule has 158 valence electrons. The largest absolute Gasteiger partial charge is 0.339 e. The molecule has 0 aliphatic heterocycles. The van der Waals surface area contributed by atoms with E-state index in [9.17, 15) is 14.4 Å². The average Bonchev–Trinajstić information content (AvgIpc) is 3.34. The topological polar surface area (TPSA) is 106 Å². The van der Waals surface area contributed by atoms with Crippen molar-refractivity contribution in [3.63, 3.8) is 0 Å². The Balaban J connectivity index is 1.45. The molecule has 0 bridgehead atoms. The second-order valence-corrected chi connectivity index (χ2v) is 7.31. The average molecular weight is 418 g/mol. The number of rotatable bonds is 6. The van der Waals surface area contributed by atoms with Crippen LogP contribution >= 0.6 is 0 Å². The van der Waals surface area contributed by atoms with E-state index in [2.05, 4.69) is 15.2 Å². The predicted octanol–water partition coefficient (Wildman–Crippen LogP) is 1.88. The zero-order valence-electron chi connectivity index (χ0n) is 17.2. The number of carbonyl (C=O) groups excluding carboxylic acids is 1. The van der Waals surface area contributed by atoms with Gasteiger partial charge in [0.25, 0.3) is 11.1 Å². The highest BCUT2D eigenvalue weighted by molar-refractivity contribution is 5.80. The maximum absolute atomic E-state index is 12.7. The lowest BCUT2D eigenvalue weighted by atomic mass is 10.1. The van der Waals surface area contributed by atoms with E-state index in [0.29, 0.717) is 10.8 Å². The van der Waals surface area contributed by atoms with Crippen LogP contribution in [0.5, 0.6) is 0 Å². The monoisotopic (exact) mass is 418 g/mol. The Hall–Kier alpha value is -4.01. The maximum Gasteiger partial charge on any atom is 0.273 e. The molecule has 9 nitrogen and oxygen atoms in total. The second kappa shape index (κ2) is 8.39. The number of nitrogens with zero attached hydrogens (tertiary/aromatic N) is 5. The minimum Gasteiger partial charge on any atom is -0.339 e. The van der Waals surface area contributed by atoms with Gasteiger partial charge in [0.1, 0.15) is 12.7 Å². The Morgan fingerprint density at radius 1 is 1.10 bits per heavy atom. The van der Waals surface area contributed by atoms with Crippen LogP contribution in [0.15, 0.2) is 70.8 Å². The molecule has 0 aliphatic rings. The minimum absolute atomic E-state index is 0.0894. The van der Waals surface area contributed by atoms with Gasteiger partial charge in [-0.3, -0.25) is 19.5 Å². The van der Waals surface area contributed by atoms with Crippen molar-refractivity contribution in [1.29, 1.82) is 0 Å². The van der Waals surface area contributed by atoms with E-state index < -0.39 is 0 Å². The van der Waals surface area contributed by atoms with Gasteiger partial charge in [0.2, 0.25) is 5.91 Å². The molecule has 0 aliphatic carbocycles. The van der Waals surface area contributed by atoms with E-state index in [1.165, 1.54) is 11.0 Å². The number of aryl methyl sites for hydroxylation is 1. The van der Waals surface area contributed by atoms with E-state index in [1.54, 1.807) is 47.2 Å². The van der Waals surface area contributed by atoms with Crippen molar-refractivity contribution in [2.24, 2.45) is 0 Å². The summed E-state index contributed by atoms with van der Waals surface area (Å²) in [4.78, 5) is 43.1. The van der Waals surface area contributed by atoms with Gasteiger partial charge >= 0.3 is 0 Å². The van der Waals surface area contributed by atoms with Crippen molar-refractivity contribution in [2.75, 3.05) is 7.05 Å². The van der Waals surface area contributed by atoms with Gasteiger partial charge in [-0.15, -0.1) is 0 Å². The van der Waals surface area contributed by atoms with Crippen LogP contribution in [0.2, 0.25) is 0 Å². The fourth-order valence-corrected chi connectivity index (χ4v) is 3.47. The predicted molar refractivity (Wildman–Crippen MR) is 116 cm³/mol. The number of fused-ring (bicyclic) bond motifs is 1. The Labute approximate surface area is 177 Å². The minimum atomic E-state index is -0.350. The number of aromatic nitrogens is 5. The molecule has 0 fully saturated rings. The SMILES string of the molecule is CC(c1ccc(-n2cncn2)cc1)N(C)C(=O)CCn1[nH]c(=O)c2ccccc2c1=O. The van der Waals surface area contributed by atoms with Gasteiger partial charge in [-0.25, -0.2) is 14.3 Å². The number of amides is 1. The summed E-state index contributed by atoms with van der Waals surface area (Å²) < 4.78 is 2.86. The van der Waals surface area contributed by atoms with Crippen molar-refractivity contribution in [1.82, 2.24) is 29.4 Å². The van der Waals surface area contributed by atoms with Gasteiger partial charge in [0, 0.05) is 13.5 Å². The summed E-state index contributed by atoms with van der Waals surface area (Å²) in [6.07, 6.45) is 3.18. The van der Waals surface area contributed by atoms with Gasteiger partial charge in [-0.1, -0.05) is 24.3 Å². The van der Waals surface area contributed by atoms with E-state index in [1.807, 2.05) is 31.2 Å². The van der Waals surface area contributed by atoms with Gasteiger partial charge in [0.15, 0.2) is 0 Å². The third-order valence-electron chi connectivity index (χ3n) is 5.47. The molecule has 1 amide bonds. The maximum atomic E-state index is 12.7. The number of carbonyl (C=O) groups is 1. The standard InChI is InChI=1S/C22H22N6O3/c1-15(16-7-9-17(10-8-16)28-14-23-13-24-28)26(2)20(29)11-12-27-22(31)19-6-4-3-5-18(19)21(30)25-27/h3-10,13-15H,11-12H2,1-2H3,(H,25,30). The molecule has 2 heterocycles. The molecule has 0 radical (unpaired) electrons. The zero-order chi connectivity index (χ0) is 22.0. The first-order valence-corrected chi connectivity index (χ1v) is 9.88. The lowest BCUT2D eigenvalue weighted by molar-refractivity contribution is -0.132. The quantitative estimate of drug-likeness (QED) is 0.515. The summed E-state index contributed by atoms with van der Waals surface area (Å²) >= 11 is 0. The molecule has 0 saturated heterocycles. The second-order valence-electron chi connectivity index (χ2n) is 7.31. The third-order valence-corrected chi connectivity index (χ3v) is 5.47. The lowest BCUT2D eigenvalue weighted by Gasteiger charge is -2.25. The van der Waals surface area contributed by atoms with Gasteiger partial charge in [-0.05, 0) is 36.8 Å². The first kappa shape index (κ1) is 20.3. The summed E-state index contributed by atoms with van der Waals surface area (Å²) in [6.45, 7) is 2.03. The first-order valence-electron chi connectivity index (χ1n) is 9.88. The van der Waals surface area contributed by atoms with Crippen LogP contribution in [0.4, 0.5) is 0 Å². The number of benzene rings is 2. The number of hydrogen-bond acceptors (Lipinski definition) is 5. The van der Waals surface area contributed by atoms with Gasteiger partial charge in [-0.2, -0.15) is 5.10 Å². The summed E-state index contributed by atoms with van der Waals surface area (Å²) in [5.74, 6) is -0.131. The lowest BCUT2D eigenvalue weighted by Crippen LogP contribution is -2.34. The Morgan fingerprint density at radius 2 is 1.81 bits per heavy atom. The fraction of sp³-hybridized carbons (Fsp3) is 0.227. The number of hydrogen-bond donors (Lipinski definition) is 1. The van der Waals surface area contributed by atoms with Crippen molar-refractivity contribution < 1.29 is 4.79 Å². The zero-order valence-corrected chi connectivity index (χ0v) is 17.2. The van der Waals surface area contributed by atoms with Crippen molar-refractivity contribution in [2.45, 2.75) is 25.9 Å². The molecule has 2 aromatic carbocycles. The summed E-state index contributed by atoms with van der Waals surface area (Å²) in [5, 5.41) is 7.34. The van der Waals surface area contributed by atoms with E-state index in [-0.39, 0.29) is 36.0 Å². The number of H-pyrrole nitrogens is 1. The smallest absolute Gasteiger partial charge is 0.273 e. The van der Waals surface area contributed by atoms with Crippen LogP contribution in [0, 0.1) is 0 Å². The molecule has 1 unspecified atom stereocenters. The van der Waals surface area contributed by atoms with Crippen LogP contribution in [0.1, 0.15) is 24.9 Å². The fourth-order valence-electron chi connectivity index (χ4n) is 3.47. The van der Waals surface area contributed by atoms with Gasteiger partial charge < -0.3 is 4.90 Å². The molecule has 31 heavy (non-hydrogen) atoms. The van der Waals surface area contributed by atoms with Crippen LogP contribution < -0.4 is 11.1 Å². The Kier molecular flexibility index (Phi) is 5.48. The highest BCUT2D eigenvalue weighted by Gasteiger charge is 2.18. The molecule has 4 rings (SSSR count). The summed E-state index contributed by atoms with van der Waals surface area (Å²) in [7, 11) is 1.73. The van der Waals surface area contributed by atoms with E-state index >= 15 is 0 Å². The number of aromatic amines is 1. The Morgan fingerprint density at radius 3 is 2.48 bits per heavy atom. The van der Waals surface area contributed by atoms with E-state index in [4.69, 9.17) is 0 Å². The molecule has 4 aromatic rings. The van der Waals surface area contributed by atoms with Crippen LogP contribution in [-0.4, -0.2) is 42.4 Å². The van der Waals surface area contributed by atoms with Gasteiger partial charge in [0.05, 0.1) is 29.0 Å². The van der Waals surface area contributed by atoms with E-state index in [0.717, 1.165) is 11.3 Å². The van der Waals surface area contributed by atoms with Crippen molar-refractivity contribution >= 4 is 16.7 Å². The summed E-state index contributed by atoms with van der Waals surface area (Å²) in [6, 6.07) is 14.2. The van der Waals surface area contributed by atoms with Crippen LogP contribution in [0.25, 0.3) is 16.5 Å². The summed E-state index contributed by atoms with van der Waals surface area (Å²) in [5.41, 5.74) is 1.18. The molecule has 1 atom stereocenters. The molecule has 1 N–H and O–H groups in total. The molecule has 0 saturated carbocycles. The van der Waals surface area contributed by atoms with Crippen LogP contribution in [-0.2, 0) is 11.3 Å². The van der Waals surface area contributed by atoms with Crippen LogP contribution in [0.3, 0.4) is 0 Å². The molecule has 0 spiro atoms. The first-order chi connectivity index (χ1) is 15.0. The molecule has 2 aromatic heterocycles. The van der Waals surface area contributed by atoms with Crippen molar-refractivity contribution in [3.05, 3.63) is 87.5 Å².